The molecule has 2 aromatic rings. The van der Waals surface area contributed by atoms with Gasteiger partial charge in [-0.1, -0.05) is 6.92 Å². The molecule has 0 fully saturated rings. The van der Waals surface area contributed by atoms with Gasteiger partial charge in [0.15, 0.2) is 5.65 Å². The maximum absolute atomic E-state index is 5.03. The number of ether oxygens (including phenoxy) is 1. The van der Waals surface area contributed by atoms with Gasteiger partial charge in [0.2, 0.25) is 5.88 Å². The summed E-state index contributed by atoms with van der Waals surface area (Å²) in [6.07, 6.45) is 0. The third kappa shape index (κ3) is 2.07. The van der Waals surface area contributed by atoms with E-state index in [-0.39, 0.29) is 0 Å². The summed E-state index contributed by atoms with van der Waals surface area (Å²) in [6.45, 7) is 3.72. The predicted molar refractivity (Wildman–Crippen MR) is 57.8 cm³/mol. The molecule has 2 aromatic heterocycles. The van der Waals surface area contributed by atoms with Crippen molar-refractivity contribution in [3.05, 3.63) is 18.0 Å². The topological polar surface area (TPSA) is 62.8 Å². The molecule has 0 radical (unpaired) electrons. The SMILES string of the molecule is CCNCc1nc2nc(OC)ccc2[nH]1. The van der Waals surface area contributed by atoms with Gasteiger partial charge < -0.3 is 15.0 Å². The molecule has 0 aliphatic rings. The van der Waals surface area contributed by atoms with Crippen molar-refractivity contribution < 1.29 is 4.74 Å². The molecule has 0 unspecified atom stereocenters. The first kappa shape index (κ1) is 9.92. The van der Waals surface area contributed by atoms with Crippen molar-refractivity contribution in [3.8, 4) is 5.88 Å². The van der Waals surface area contributed by atoms with Gasteiger partial charge in [-0.05, 0) is 12.6 Å². The van der Waals surface area contributed by atoms with Crippen LogP contribution in [0.3, 0.4) is 0 Å². The van der Waals surface area contributed by atoms with Crippen LogP contribution in [0.5, 0.6) is 5.88 Å². The number of pyridine rings is 1. The predicted octanol–water partition coefficient (Wildman–Crippen LogP) is 1.08. The second kappa shape index (κ2) is 4.27. The summed E-state index contributed by atoms with van der Waals surface area (Å²) in [5, 5.41) is 3.20. The van der Waals surface area contributed by atoms with Crippen molar-refractivity contribution in [3.63, 3.8) is 0 Å². The molecule has 0 aliphatic heterocycles. The molecule has 0 amide bonds. The summed E-state index contributed by atoms with van der Waals surface area (Å²) < 4.78 is 5.03. The maximum atomic E-state index is 5.03. The van der Waals surface area contributed by atoms with E-state index >= 15 is 0 Å². The molecule has 5 heteroatoms. The van der Waals surface area contributed by atoms with Crippen molar-refractivity contribution in [2.24, 2.45) is 0 Å². The fourth-order valence-electron chi connectivity index (χ4n) is 1.37. The summed E-state index contributed by atoms with van der Waals surface area (Å²) in [5.74, 6) is 1.48. The van der Waals surface area contributed by atoms with Crippen LogP contribution in [0.1, 0.15) is 12.7 Å². The minimum Gasteiger partial charge on any atom is -0.481 e. The van der Waals surface area contributed by atoms with Crippen LogP contribution in [-0.4, -0.2) is 28.6 Å². The zero-order chi connectivity index (χ0) is 10.7. The molecule has 2 heterocycles. The lowest BCUT2D eigenvalue weighted by Crippen LogP contribution is -2.12. The summed E-state index contributed by atoms with van der Waals surface area (Å²) >= 11 is 0. The number of nitrogens with one attached hydrogen (secondary N) is 2. The first-order chi connectivity index (χ1) is 7.33. The van der Waals surface area contributed by atoms with E-state index in [2.05, 4.69) is 27.2 Å². The Morgan fingerprint density at radius 2 is 2.27 bits per heavy atom. The van der Waals surface area contributed by atoms with E-state index in [1.807, 2.05) is 12.1 Å². The van der Waals surface area contributed by atoms with Gasteiger partial charge in [-0.3, -0.25) is 0 Å². The lowest BCUT2D eigenvalue weighted by molar-refractivity contribution is 0.399. The Morgan fingerprint density at radius 1 is 1.40 bits per heavy atom. The molecule has 0 atom stereocenters. The van der Waals surface area contributed by atoms with E-state index in [0.29, 0.717) is 11.5 Å². The summed E-state index contributed by atoms with van der Waals surface area (Å²) in [4.78, 5) is 11.8. The Balaban J connectivity index is 2.29. The van der Waals surface area contributed by atoms with Gasteiger partial charge in [0, 0.05) is 6.07 Å². The number of aromatic amines is 1. The Kier molecular flexibility index (Phi) is 2.82. The van der Waals surface area contributed by atoms with Gasteiger partial charge in [-0.2, -0.15) is 4.98 Å². The standard InChI is InChI=1S/C10H14N4O/c1-3-11-6-8-12-7-4-5-9(15-2)14-10(7)13-8/h4-5,11H,3,6H2,1-2H3,(H,12,13,14). The number of aromatic nitrogens is 3. The van der Waals surface area contributed by atoms with Crippen molar-refractivity contribution in [2.45, 2.75) is 13.5 Å². The van der Waals surface area contributed by atoms with Crippen LogP contribution >= 0.6 is 0 Å². The van der Waals surface area contributed by atoms with Crippen LogP contribution in [0.15, 0.2) is 12.1 Å². The Labute approximate surface area is 87.9 Å². The number of fused-ring (bicyclic) bond motifs is 1. The summed E-state index contributed by atoms with van der Waals surface area (Å²) in [6, 6.07) is 3.74. The van der Waals surface area contributed by atoms with Gasteiger partial charge in [-0.25, -0.2) is 4.98 Å². The van der Waals surface area contributed by atoms with Gasteiger partial charge in [0.25, 0.3) is 0 Å². The number of rotatable bonds is 4. The number of nitrogens with zero attached hydrogens (tertiary/aromatic N) is 2. The largest absolute Gasteiger partial charge is 0.481 e. The molecule has 0 spiro atoms. The summed E-state index contributed by atoms with van der Waals surface area (Å²) in [5.41, 5.74) is 1.63. The lowest BCUT2D eigenvalue weighted by atomic mass is 10.4. The molecule has 2 N–H and O–H groups in total. The summed E-state index contributed by atoms with van der Waals surface area (Å²) in [7, 11) is 1.60. The highest BCUT2D eigenvalue weighted by molar-refractivity contribution is 5.71. The van der Waals surface area contributed by atoms with Crippen molar-refractivity contribution >= 4 is 11.2 Å². The van der Waals surface area contributed by atoms with E-state index in [1.54, 1.807) is 7.11 Å². The zero-order valence-electron chi connectivity index (χ0n) is 8.87. The average Bonchev–Trinajstić information content (AvgIpc) is 2.67. The Morgan fingerprint density at radius 3 is 3.00 bits per heavy atom. The van der Waals surface area contributed by atoms with Crippen LogP contribution in [0.25, 0.3) is 11.2 Å². The molecule has 2 rings (SSSR count). The highest BCUT2D eigenvalue weighted by atomic mass is 16.5. The molecule has 0 bridgehead atoms. The van der Waals surface area contributed by atoms with Crippen LogP contribution in [0, 0.1) is 0 Å². The molecular formula is C10H14N4O. The highest BCUT2D eigenvalue weighted by Gasteiger charge is 2.04. The Hall–Kier alpha value is -1.62. The van der Waals surface area contributed by atoms with Gasteiger partial charge >= 0.3 is 0 Å². The van der Waals surface area contributed by atoms with E-state index in [4.69, 9.17) is 4.74 Å². The van der Waals surface area contributed by atoms with Crippen molar-refractivity contribution in [2.75, 3.05) is 13.7 Å². The molecule has 0 aromatic carbocycles. The van der Waals surface area contributed by atoms with Crippen molar-refractivity contribution in [1.29, 1.82) is 0 Å². The normalized spacial score (nSPS) is 10.8. The number of methoxy groups -OCH3 is 1. The van der Waals surface area contributed by atoms with Crippen LogP contribution in [0.2, 0.25) is 0 Å². The van der Waals surface area contributed by atoms with Crippen molar-refractivity contribution in [1.82, 2.24) is 20.3 Å². The smallest absolute Gasteiger partial charge is 0.215 e. The molecule has 0 aliphatic carbocycles. The number of hydrogen-bond donors (Lipinski definition) is 2. The van der Waals surface area contributed by atoms with Gasteiger partial charge in [-0.15, -0.1) is 0 Å². The number of hydrogen-bond acceptors (Lipinski definition) is 4. The third-order valence-corrected chi connectivity index (χ3v) is 2.12. The van der Waals surface area contributed by atoms with Crippen LogP contribution in [-0.2, 0) is 6.54 Å². The molecule has 15 heavy (non-hydrogen) atoms. The molecule has 0 saturated carbocycles. The maximum Gasteiger partial charge on any atom is 0.215 e. The molecule has 80 valence electrons. The molecular weight excluding hydrogens is 192 g/mol. The van der Waals surface area contributed by atoms with E-state index in [1.165, 1.54) is 0 Å². The Bertz CT molecular complexity index is 452. The molecule has 0 saturated heterocycles. The second-order valence-corrected chi connectivity index (χ2v) is 3.19. The second-order valence-electron chi connectivity index (χ2n) is 3.19. The quantitative estimate of drug-likeness (QED) is 0.785. The van der Waals surface area contributed by atoms with Gasteiger partial charge in [0.1, 0.15) is 5.82 Å². The number of imidazole rings is 1. The van der Waals surface area contributed by atoms with Crippen LogP contribution in [0.4, 0.5) is 0 Å². The fraction of sp³-hybridized carbons (Fsp3) is 0.400. The van der Waals surface area contributed by atoms with E-state index < -0.39 is 0 Å². The van der Waals surface area contributed by atoms with E-state index in [0.717, 1.165) is 24.4 Å². The zero-order valence-corrected chi connectivity index (χ0v) is 8.87. The monoisotopic (exact) mass is 206 g/mol. The van der Waals surface area contributed by atoms with Crippen LogP contribution < -0.4 is 10.1 Å². The third-order valence-electron chi connectivity index (χ3n) is 2.12. The average molecular weight is 206 g/mol. The molecule has 5 nitrogen and oxygen atoms in total. The van der Waals surface area contributed by atoms with Gasteiger partial charge in [0.05, 0.1) is 19.2 Å². The minimum absolute atomic E-state index is 0.587. The minimum atomic E-state index is 0.587. The number of H-pyrrole nitrogens is 1. The van der Waals surface area contributed by atoms with E-state index in [9.17, 15) is 0 Å². The highest BCUT2D eigenvalue weighted by Crippen LogP contribution is 2.13. The first-order valence-electron chi connectivity index (χ1n) is 4.94. The fourth-order valence-corrected chi connectivity index (χ4v) is 1.37. The first-order valence-corrected chi connectivity index (χ1v) is 4.94. The lowest BCUT2D eigenvalue weighted by Gasteiger charge is -1.95.